The molecule has 0 atom stereocenters. The molecule has 5 heteroatoms. The lowest BCUT2D eigenvalue weighted by molar-refractivity contribution is -0.113. The third-order valence-corrected chi connectivity index (χ3v) is 5.04. The van der Waals surface area contributed by atoms with Gasteiger partial charge in [-0.05, 0) is 55.3 Å². The van der Waals surface area contributed by atoms with E-state index in [0.717, 1.165) is 32.5 Å². The molecule has 25 heavy (non-hydrogen) atoms. The van der Waals surface area contributed by atoms with Crippen molar-refractivity contribution in [1.29, 1.82) is 0 Å². The van der Waals surface area contributed by atoms with Crippen LogP contribution in [0.1, 0.15) is 11.1 Å². The lowest BCUT2D eigenvalue weighted by Gasteiger charge is -2.19. The van der Waals surface area contributed by atoms with E-state index in [-0.39, 0.29) is 5.91 Å². The topological polar surface area (TPSA) is 33.2 Å². The standard InChI is InChI=1S/C20H17BrN2OS/c1-4-19(24)23(17-10-13(2)9-14(3)11-17)20-22-18(12-25-20)15-5-7-16(21)8-6-15/h4-12H,1H2,2-3H3. The van der Waals surface area contributed by atoms with Crippen LogP contribution in [-0.4, -0.2) is 10.9 Å². The highest BCUT2D eigenvalue weighted by atomic mass is 79.9. The second kappa shape index (κ2) is 7.33. The van der Waals surface area contributed by atoms with Gasteiger partial charge < -0.3 is 0 Å². The number of aryl methyl sites for hydroxylation is 2. The van der Waals surface area contributed by atoms with Gasteiger partial charge in [-0.2, -0.15) is 0 Å². The summed E-state index contributed by atoms with van der Waals surface area (Å²) in [5.74, 6) is -0.193. The minimum atomic E-state index is -0.193. The Morgan fingerprint density at radius 1 is 1.16 bits per heavy atom. The smallest absolute Gasteiger partial charge is 0.256 e. The Hall–Kier alpha value is -2.24. The van der Waals surface area contributed by atoms with Gasteiger partial charge >= 0.3 is 0 Å². The van der Waals surface area contributed by atoms with Crippen molar-refractivity contribution in [2.75, 3.05) is 4.90 Å². The molecule has 0 bridgehead atoms. The van der Waals surface area contributed by atoms with E-state index in [9.17, 15) is 4.79 Å². The second-order valence-corrected chi connectivity index (χ2v) is 7.50. The van der Waals surface area contributed by atoms with E-state index in [0.29, 0.717) is 5.13 Å². The summed E-state index contributed by atoms with van der Waals surface area (Å²) < 4.78 is 1.02. The highest BCUT2D eigenvalue weighted by Crippen LogP contribution is 2.33. The van der Waals surface area contributed by atoms with Crippen molar-refractivity contribution in [3.8, 4) is 11.3 Å². The fourth-order valence-corrected chi connectivity index (χ4v) is 3.75. The van der Waals surface area contributed by atoms with Crippen LogP contribution in [0, 0.1) is 13.8 Å². The van der Waals surface area contributed by atoms with E-state index in [2.05, 4.69) is 33.6 Å². The lowest BCUT2D eigenvalue weighted by Crippen LogP contribution is -2.23. The Kier molecular flexibility index (Phi) is 5.16. The van der Waals surface area contributed by atoms with E-state index >= 15 is 0 Å². The van der Waals surface area contributed by atoms with Gasteiger partial charge in [0.2, 0.25) is 0 Å². The molecule has 0 N–H and O–H groups in total. The highest BCUT2D eigenvalue weighted by Gasteiger charge is 2.20. The molecule has 2 aromatic carbocycles. The number of aromatic nitrogens is 1. The van der Waals surface area contributed by atoms with Crippen molar-refractivity contribution >= 4 is 44.0 Å². The predicted octanol–water partition coefficient (Wildman–Crippen LogP) is 6.04. The number of amides is 1. The maximum Gasteiger partial charge on any atom is 0.256 e. The van der Waals surface area contributed by atoms with Gasteiger partial charge in [-0.3, -0.25) is 9.69 Å². The van der Waals surface area contributed by atoms with E-state index in [4.69, 9.17) is 0 Å². The first kappa shape index (κ1) is 17.6. The third kappa shape index (κ3) is 3.89. The van der Waals surface area contributed by atoms with Crippen LogP contribution in [0.25, 0.3) is 11.3 Å². The maximum atomic E-state index is 12.5. The molecule has 1 amide bonds. The normalized spacial score (nSPS) is 10.5. The van der Waals surface area contributed by atoms with Crippen molar-refractivity contribution in [3.63, 3.8) is 0 Å². The Morgan fingerprint density at radius 2 is 1.80 bits per heavy atom. The van der Waals surface area contributed by atoms with Crippen LogP contribution in [0.3, 0.4) is 0 Å². The molecule has 0 fully saturated rings. The van der Waals surface area contributed by atoms with Gasteiger partial charge in [0.05, 0.1) is 11.4 Å². The van der Waals surface area contributed by atoms with Crippen LogP contribution < -0.4 is 4.90 Å². The molecule has 1 aromatic heterocycles. The molecule has 0 unspecified atom stereocenters. The summed E-state index contributed by atoms with van der Waals surface area (Å²) in [7, 11) is 0. The van der Waals surface area contributed by atoms with Crippen molar-refractivity contribution < 1.29 is 4.79 Å². The summed E-state index contributed by atoms with van der Waals surface area (Å²) in [6.45, 7) is 7.66. The number of rotatable bonds is 4. The Morgan fingerprint density at radius 3 is 2.40 bits per heavy atom. The number of thiazole rings is 1. The predicted molar refractivity (Wildman–Crippen MR) is 109 cm³/mol. The molecular formula is C20H17BrN2OS. The maximum absolute atomic E-state index is 12.5. The van der Waals surface area contributed by atoms with E-state index in [1.54, 1.807) is 4.90 Å². The summed E-state index contributed by atoms with van der Waals surface area (Å²) in [5.41, 5.74) is 4.86. The minimum absolute atomic E-state index is 0.193. The monoisotopic (exact) mass is 412 g/mol. The molecule has 3 aromatic rings. The molecule has 0 aliphatic carbocycles. The largest absolute Gasteiger partial charge is 0.269 e. The van der Waals surface area contributed by atoms with Crippen LogP contribution in [0.15, 0.2) is 65.0 Å². The van der Waals surface area contributed by atoms with Crippen LogP contribution in [0.5, 0.6) is 0 Å². The Balaban J connectivity index is 2.04. The zero-order chi connectivity index (χ0) is 18.0. The summed E-state index contributed by atoms with van der Waals surface area (Å²) in [4.78, 5) is 18.8. The zero-order valence-electron chi connectivity index (χ0n) is 14.0. The number of nitrogens with zero attached hydrogens (tertiary/aromatic N) is 2. The number of carbonyl (C=O) groups excluding carboxylic acids is 1. The molecule has 0 radical (unpaired) electrons. The van der Waals surface area contributed by atoms with Gasteiger partial charge in [-0.1, -0.05) is 40.7 Å². The average Bonchev–Trinajstić information content (AvgIpc) is 3.04. The van der Waals surface area contributed by atoms with Gasteiger partial charge in [-0.15, -0.1) is 11.3 Å². The van der Waals surface area contributed by atoms with Crippen molar-refractivity contribution in [2.24, 2.45) is 0 Å². The molecule has 0 aliphatic rings. The molecular weight excluding hydrogens is 396 g/mol. The first-order chi connectivity index (χ1) is 12.0. The first-order valence-electron chi connectivity index (χ1n) is 7.74. The number of anilines is 2. The SMILES string of the molecule is C=CC(=O)N(c1cc(C)cc(C)c1)c1nc(-c2ccc(Br)cc2)cs1. The molecule has 3 rings (SSSR count). The molecule has 0 aliphatic heterocycles. The summed E-state index contributed by atoms with van der Waals surface area (Å²) >= 11 is 4.88. The van der Waals surface area contributed by atoms with Gasteiger partial charge in [-0.25, -0.2) is 4.98 Å². The third-order valence-electron chi connectivity index (χ3n) is 3.68. The lowest BCUT2D eigenvalue weighted by atomic mass is 10.1. The summed E-state index contributed by atoms with van der Waals surface area (Å²) in [6.07, 6.45) is 1.32. The number of benzene rings is 2. The molecule has 1 heterocycles. The van der Waals surface area contributed by atoms with Crippen molar-refractivity contribution in [2.45, 2.75) is 13.8 Å². The van der Waals surface area contributed by atoms with Crippen molar-refractivity contribution in [3.05, 3.63) is 76.1 Å². The highest BCUT2D eigenvalue weighted by molar-refractivity contribution is 9.10. The first-order valence-corrected chi connectivity index (χ1v) is 9.41. The van der Waals surface area contributed by atoms with Crippen LogP contribution in [0.2, 0.25) is 0 Å². The van der Waals surface area contributed by atoms with Gasteiger partial charge in [0.1, 0.15) is 0 Å². The molecule has 126 valence electrons. The zero-order valence-corrected chi connectivity index (χ0v) is 16.4. The molecule has 0 saturated heterocycles. The number of hydrogen-bond donors (Lipinski definition) is 0. The molecule has 0 spiro atoms. The Labute approximate surface area is 159 Å². The number of carbonyl (C=O) groups is 1. The van der Waals surface area contributed by atoms with E-state index < -0.39 is 0 Å². The quantitative estimate of drug-likeness (QED) is 0.489. The minimum Gasteiger partial charge on any atom is -0.269 e. The fourth-order valence-electron chi connectivity index (χ4n) is 2.62. The van der Waals surface area contributed by atoms with Crippen LogP contribution >= 0.6 is 27.3 Å². The van der Waals surface area contributed by atoms with Gasteiger partial charge in [0.25, 0.3) is 5.91 Å². The number of halogens is 1. The summed E-state index contributed by atoms with van der Waals surface area (Å²) in [6, 6.07) is 14.0. The fraction of sp³-hybridized carbons (Fsp3) is 0.100. The van der Waals surface area contributed by atoms with E-state index in [1.165, 1.54) is 17.4 Å². The average molecular weight is 413 g/mol. The van der Waals surface area contributed by atoms with Crippen molar-refractivity contribution in [1.82, 2.24) is 4.98 Å². The van der Waals surface area contributed by atoms with Crippen LogP contribution in [0.4, 0.5) is 10.8 Å². The van der Waals surface area contributed by atoms with Gasteiger partial charge in [0, 0.05) is 15.4 Å². The Bertz CT molecular complexity index is 911. The summed E-state index contributed by atoms with van der Waals surface area (Å²) in [5, 5.41) is 2.60. The van der Waals surface area contributed by atoms with E-state index in [1.807, 2.05) is 55.6 Å². The number of hydrogen-bond acceptors (Lipinski definition) is 3. The second-order valence-electron chi connectivity index (χ2n) is 5.75. The molecule has 3 nitrogen and oxygen atoms in total. The molecule has 0 saturated carbocycles. The van der Waals surface area contributed by atoms with Gasteiger partial charge in [0.15, 0.2) is 5.13 Å². The van der Waals surface area contributed by atoms with Crippen LogP contribution in [-0.2, 0) is 4.79 Å².